The summed E-state index contributed by atoms with van der Waals surface area (Å²) in [6, 6.07) is 14.7. The van der Waals surface area contributed by atoms with E-state index in [1.165, 1.54) is 6.07 Å². The summed E-state index contributed by atoms with van der Waals surface area (Å²) < 4.78 is 18.9. The monoisotopic (exact) mass is 287 g/mol. The maximum atomic E-state index is 13.5. The molecule has 0 saturated carbocycles. The SMILES string of the molecule is CCCNC(c1ccc(OCC)cc1)c1cccc(F)c1. The second kappa shape index (κ2) is 7.79. The fourth-order valence-corrected chi connectivity index (χ4v) is 2.33. The summed E-state index contributed by atoms with van der Waals surface area (Å²) in [7, 11) is 0. The molecule has 0 spiro atoms. The zero-order valence-corrected chi connectivity index (χ0v) is 12.6. The summed E-state index contributed by atoms with van der Waals surface area (Å²) in [5, 5.41) is 3.47. The van der Waals surface area contributed by atoms with E-state index in [1.807, 2.05) is 37.3 Å². The van der Waals surface area contributed by atoms with Gasteiger partial charge in [-0.1, -0.05) is 31.2 Å². The molecule has 0 fully saturated rings. The van der Waals surface area contributed by atoms with Crippen LogP contribution in [0.15, 0.2) is 48.5 Å². The minimum Gasteiger partial charge on any atom is -0.494 e. The molecular formula is C18H22FNO. The molecule has 2 aromatic rings. The highest BCUT2D eigenvalue weighted by Gasteiger charge is 2.13. The lowest BCUT2D eigenvalue weighted by atomic mass is 9.98. The maximum absolute atomic E-state index is 13.5. The van der Waals surface area contributed by atoms with Crippen LogP contribution in [0.1, 0.15) is 37.4 Å². The molecule has 0 heterocycles. The van der Waals surface area contributed by atoms with Crippen molar-refractivity contribution in [3.8, 4) is 5.75 Å². The minimum absolute atomic E-state index is 0.00340. The Morgan fingerprint density at radius 3 is 2.43 bits per heavy atom. The Morgan fingerprint density at radius 2 is 1.81 bits per heavy atom. The molecule has 1 atom stereocenters. The molecule has 0 aliphatic rings. The molecule has 112 valence electrons. The van der Waals surface area contributed by atoms with Crippen molar-refractivity contribution in [1.29, 1.82) is 0 Å². The van der Waals surface area contributed by atoms with Crippen molar-refractivity contribution in [2.75, 3.05) is 13.2 Å². The normalized spacial score (nSPS) is 12.1. The van der Waals surface area contributed by atoms with E-state index in [9.17, 15) is 4.39 Å². The van der Waals surface area contributed by atoms with Gasteiger partial charge in [-0.05, 0) is 55.3 Å². The lowest BCUT2D eigenvalue weighted by Crippen LogP contribution is -2.23. The third-order valence-electron chi connectivity index (χ3n) is 3.30. The Hall–Kier alpha value is -1.87. The molecule has 1 unspecified atom stereocenters. The minimum atomic E-state index is -0.207. The number of benzene rings is 2. The molecule has 0 aromatic heterocycles. The summed E-state index contributed by atoms with van der Waals surface area (Å²) in [4.78, 5) is 0. The Bertz CT molecular complexity index is 553. The lowest BCUT2D eigenvalue weighted by Gasteiger charge is -2.20. The Labute approximate surface area is 126 Å². The van der Waals surface area contributed by atoms with Gasteiger partial charge in [0.2, 0.25) is 0 Å². The van der Waals surface area contributed by atoms with E-state index in [2.05, 4.69) is 12.2 Å². The predicted octanol–water partition coefficient (Wildman–Crippen LogP) is 4.31. The van der Waals surface area contributed by atoms with Gasteiger partial charge in [-0.25, -0.2) is 4.39 Å². The first-order chi connectivity index (χ1) is 10.2. The van der Waals surface area contributed by atoms with Crippen LogP contribution in [0.4, 0.5) is 4.39 Å². The van der Waals surface area contributed by atoms with E-state index in [0.29, 0.717) is 6.61 Å². The first kappa shape index (κ1) is 15.5. The van der Waals surface area contributed by atoms with Crippen molar-refractivity contribution < 1.29 is 9.13 Å². The van der Waals surface area contributed by atoms with Crippen molar-refractivity contribution in [2.24, 2.45) is 0 Å². The quantitative estimate of drug-likeness (QED) is 0.819. The molecule has 1 N–H and O–H groups in total. The van der Waals surface area contributed by atoms with E-state index in [0.717, 1.165) is 29.8 Å². The molecule has 2 nitrogen and oxygen atoms in total. The number of nitrogens with one attached hydrogen (secondary N) is 1. The van der Waals surface area contributed by atoms with Crippen LogP contribution in [0.3, 0.4) is 0 Å². The largest absolute Gasteiger partial charge is 0.494 e. The first-order valence-corrected chi connectivity index (χ1v) is 7.46. The van der Waals surface area contributed by atoms with Crippen LogP contribution >= 0.6 is 0 Å². The predicted molar refractivity (Wildman–Crippen MR) is 84.1 cm³/mol. The Kier molecular flexibility index (Phi) is 5.76. The smallest absolute Gasteiger partial charge is 0.123 e. The molecular weight excluding hydrogens is 265 g/mol. The van der Waals surface area contributed by atoms with Gasteiger partial charge in [0, 0.05) is 0 Å². The molecule has 0 aliphatic heterocycles. The number of ether oxygens (including phenoxy) is 1. The number of halogens is 1. The molecule has 3 heteroatoms. The molecule has 0 amide bonds. The van der Waals surface area contributed by atoms with Crippen LogP contribution in [-0.2, 0) is 0 Å². The Morgan fingerprint density at radius 1 is 1.05 bits per heavy atom. The van der Waals surface area contributed by atoms with E-state index in [1.54, 1.807) is 12.1 Å². The van der Waals surface area contributed by atoms with Crippen molar-refractivity contribution in [3.63, 3.8) is 0 Å². The van der Waals surface area contributed by atoms with Gasteiger partial charge in [0.05, 0.1) is 12.6 Å². The topological polar surface area (TPSA) is 21.3 Å². The Balaban J connectivity index is 2.26. The van der Waals surface area contributed by atoms with Gasteiger partial charge in [0.25, 0.3) is 0 Å². The van der Waals surface area contributed by atoms with Gasteiger partial charge >= 0.3 is 0 Å². The second-order valence-corrected chi connectivity index (χ2v) is 4.94. The number of hydrogen-bond donors (Lipinski definition) is 1. The van der Waals surface area contributed by atoms with Gasteiger partial charge in [0.1, 0.15) is 11.6 Å². The zero-order valence-electron chi connectivity index (χ0n) is 12.6. The van der Waals surface area contributed by atoms with Crippen molar-refractivity contribution in [1.82, 2.24) is 5.32 Å². The zero-order chi connectivity index (χ0) is 15.1. The van der Waals surface area contributed by atoms with Crippen molar-refractivity contribution in [2.45, 2.75) is 26.3 Å². The maximum Gasteiger partial charge on any atom is 0.123 e. The second-order valence-electron chi connectivity index (χ2n) is 4.94. The summed E-state index contributed by atoms with van der Waals surface area (Å²) in [5.41, 5.74) is 2.05. The van der Waals surface area contributed by atoms with E-state index < -0.39 is 0 Å². The van der Waals surface area contributed by atoms with Gasteiger partial charge in [-0.2, -0.15) is 0 Å². The molecule has 2 aromatic carbocycles. The van der Waals surface area contributed by atoms with Crippen LogP contribution in [-0.4, -0.2) is 13.2 Å². The van der Waals surface area contributed by atoms with E-state index in [4.69, 9.17) is 4.74 Å². The third-order valence-corrected chi connectivity index (χ3v) is 3.30. The van der Waals surface area contributed by atoms with Gasteiger partial charge in [-0.15, -0.1) is 0 Å². The highest BCUT2D eigenvalue weighted by Crippen LogP contribution is 2.24. The van der Waals surface area contributed by atoms with Gasteiger partial charge in [-0.3, -0.25) is 0 Å². The standard InChI is InChI=1S/C18H22FNO/c1-3-12-20-18(15-6-5-7-16(19)13-15)14-8-10-17(11-9-14)21-4-2/h5-11,13,18,20H,3-4,12H2,1-2H3. The highest BCUT2D eigenvalue weighted by molar-refractivity contribution is 5.35. The van der Waals surface area contributed by atoms with Gasteiger partial charge < -0.3 is 10.1 Å². The molecule has 0 aliphatic carbocycles. The summed E-state index contributed by atoms with van der Waals surface area (Å²) >= 11 is 0. The highest BCUT2D eigenvalue weighted by atomic mass is 19.1. The van der Waals surface area contributed by atoms with Crippen LogP contribution in [0.5, 0.6) is 5.75 Å². The number of hydrogen-bond acceptors (Lipinski definition) is 2. The number of rotatable bonds is 7. The molecule has 21 heavy (non-hydrogen) atoms. The van der Waals surface area contributed by atoms with Crippen molar-refractivity contribution >= 4 is 0 Å². The molecule has 2 rings (SSSR count). The van der Waals surface area contributed by atoms with Gasteiger partial charge in [0.15, 0.2) is 0 Å². The molecule has 0 bridgehead atoms. The van der Waals surface area contributed by atoms with Crippen LogP contribution < -0.4 is 10.1 Å². The van der Waals surface area contributed by atoms with Crippen LogP contribution in [0, 0.1) is 5.82 Å². The van der Waals surface area contributed by atoms with Crippen LogP contribution in [0.2, 0.25) is 0 Å². The van der Waals surface area contributed by atoms with Crippen molar-refractivity contribution in [3.05, 3.63) is 65.5 Å². The van der Waals surface area contributed by atoms with Crippen LogP contribution in [0.25, 0.3) is 0 Å². The molecule has 0 saturated heterocycles. The third kappa shape index (κ3) is 4.30. The average molecular weight is 287 g/mol. The van der Waals surface area contributed by atoms with E-state index in [-0.39, 0.29) is 11.9 Å². The fourth-order valence-electron chi connectivity index (χ4n) is 2.33. The summed E-state index contributed by atoms with van der Waals surface area (Å²) in [6.45, 7) is 5.62. The first-order valence-electron chi connectivity index (χ1n) is 7.46. The fraction of sp³-hybridized carbons (Fsp3) is 0.333. The summed E-state index contributed by atoms with van der Waals surface area (Å²) in [6.07, 6.45) is 1.03. The van der Waals surface area contributed by atoms with E-state index >= 15 is 0 Å². The average Bonchev–Trinajstić information content (AvgIpc) is 2.50. The lowest BCUT2D eigenvalue weighted by molar-refractivity contribution is 0.340. The summed E-state index contributed by atoms with van der Waals surface area (Å²) in [5.74, 6) is 0.650. The molecule has 0 radical (unpaired) electrons.